The second-order valence-electron chi connectivity index (χ2n) is 5.55. The van der Waals surface area contributed by atoms with Crippen molar-refractivity contribution in [1.82, 2.24) is 19.3 Å². The van der Waals surface area contributed by atoms with E-state index >= 15 is 0 Å². The van der Waals surface area contributed by atoms with Crippen molar-refractivity contribution in [3.05, 3.63) is 24.8 Å². The number of hydrogen-bond acceptors (Lipinski definition) is 4. The average molecular weight is 289 g/mol. The van der Waals surface area contributed by atoms with Gasteiger partial charge in [0.25, 0.3) is 0 Å². The van der Waals surface area contributed by atoms with Gasteiger partial charge in [-0.2, -0.15) is 5.10 Å². The third-order valence-corrected chi connectivity index (χ3v) is 4.00. The molecule has 2 aromatic rings. The van der Waals surface area contributed by atoms with Crippen LogP contribution in [0.2, 0.25) is 0 Å². The molecular formula is C15H23N5O. The summed E-state index contributed by atoms with van der Waals surface area (Å²) in [7, 11) is 1.70. The molecule has 1 aliphatic rings. The summed E-state index contributed by atoms with van der Waals surface area (Å²) in [6.45, 7) is 1.43. The summed E-state index contributed by atoms with van der Waals surface area (Å²) in [4.78, 5) is 4.45. The summed E-state index contributed by atoms with van der Waals surface area (Å²) in [5, 5.41) is 7.93. The van der Waals surface area contributed by atoms with Gasteiger partial charge in [0.05, 0.1) is 25.0 Å². The molecule has 2 aromatic heterocycles. The highest BCUT2D eigenvalue weighted by atomic mass is 16.5. The van der Waals surface area contributed by atoms with Gasteiger partial charge in [-0.1, -0.05) is 19.3 Å². The van der Waals surface area contributed by atoms with E-state index in [4.69, 9.17) is 4.74 Å². The van der Waals surface area contributed by atoms with E-state index in [2.05, 4.69) is 20.0 Å². The zero-order valence-corrected chi connectivity index (χ0v) is 12.5. The zero-order chi connectivity index (χ0) is 14.5. The third-order valence-electron chi connectivity index (χ3n) is 4.00. The molecule has 0 atom stereocenters. The number of rotatable bonds is 6. The van der Waals surface area contributed by atoms with Gasteiger partial charge in [-0.15, -0.1) is 0 Å². The Hall–Kier alpha value is -1.82. The lowest BCUT2D eigenvalue weighted by Gasteiger charge is -2.23. The fourth-order valence-electron chi connectivity index (χ4n) is 2.83. The van der Waals surface area contributed by atoms with Gasteiger partial charge in [0, 0.05) is 31.7 Å². The molecule has 1 aliphatic carbocycles. The molecule has 0 bridgehead atoms. The number of ether oxygens (including phenoxy) is 1. The van der Waals surface area contributed by atoms with Crippen LogP contribution in [0.25, 0.3) is 5.69 Å². The molecule has 21 heavy (non-hydrogen) atoms. The van der Waals surface area contributed by atoms with Crippen LogP contribution in [0.5, 0.6) is 0 Å². The summed E-state index contributed by atoms with van der Waals surface area (Å²) in [5.74, 6) is 0.910. The second kappa shape index (κ2) is 6.76. The predicted molar refractivity (Wildman–Crippen MR) is 81.7 cm³/mol. The van der Waals surface area contributed by atoms with Crippen molar-refractivity contribution in [1.29, 1.82) is 0 Å². The second-order valence-corrected chi connectivity index (χ2v) is 5.55. The third kappa shape index (κ3) is 3.44. The Morgan fingerprint density at radius 3 is 3.00 bits per heavy atom. The monoisotopic (exact) mass is 289 g/mol. The minimum absolute atomic E-state index is 0.545. The molecular weight excluding hydrogens is 266 g/mol. The number of hydrogen-bond donors (Lipinski definition) is 1. The van der Waals surface area contributed by atoms with Crippen LogP contribution in [0.1, 0.15) is 32.1 Å². The molecule has 0 aliphatic heterocycles. The van der Waals surface area contributed by atoms with Crippen molar-refractivity contribution < 1.29 is 4.74 Å². The van der Waals surface area contributed by atoms with Gasteiger partial charge in [-0.25, -0.2) is 4.98 Å². The highest BCUT2D eigenvalue weighted by molar-refractivity contribution is 5.39. The van der Waals surface area contributed by atoms with Crippen LogP contribution in [0.4, 0.5) is 5.95 Å². The molecule has 0 radical (unpaired) electrons. The Kier molecular flexibility index (Phi) is 4.55. The van der Waals surface area contributed by atoms with Gasteiger partial charge in [0.2, 0.25) is 5.95 Å². The van der Waals surface area contributed by atoms with Crippen LogP contribution < -0.4 is 5.32 Å². The predicted octanol–water partition coefficient (Wildman–Crippen LogP) is 2.46. The van der Waals surface area contributed by atoms with Gasteiger partial charge in [0.15, 0.2) is 0 Å². The van der Waals surface area contributed by atoms with Gasteiger partial charge in [-0.3, -0.25) is 9.25 Å². The molecule has 2 heterocycles. The first-order valence-electron chi connectivity index (χ1n) is 7.68. The fraction of sp³-hybridized carbons (Fsp3) is 0.600. The lowest BCUT2D eigenvalue weighted by atomic mass is 9.96. The molecule has 0 spiro atoms. The highest BCUT2D eigenvalue weighted by Gasteiger charge is 2.16. The lowest BCUT2D eigenvalue weighted by Crippen LogP contribution is -2.24. The van der Waals surface area contributed by atoms with Crippen molar-refractivity contribution in [3.63, 3.8) is 0 Å². The van der Waals surface area contributed by atoms with Crippen molar-refractivity contribution in [3.8, 4) is 5.69 Å². The van der Waals surface area contributed by atoms with Crippen molar-refractivity contribution >= 4 is 5.95 Å². The molecule has 0 unspecified atom stereocenters. The van der Waals surface area contributed by atoms with E-state index in [0.717, 1.165) is 18.2 Å². The molecule has 6 heteroatoms. The quantitative estimate of drug-likeness (QED) is 0.887. The zero-order valence-electron chi connectivity index (χ0n) is 12.5. The molecule has 3 rings (SSSR count). The normalized spacial score (nSPS) is 16.2. The largest absolute Gasteiger partial charge is 0.383 e. The fourth-order valence-corrected chi connectivity index (χ4v) is 2.83. The Balaban J connectivity index is 1.70. The van der Waals surface area contributed by atoms with Gasteiger partial charge >= 0.3 is 0 Å². The summed E-state index contributed by atoms with van der Waals surface area (Å²) in [6.07, 6.45) is 14.1. The molecule has 1 fully saturated rings. The van der Waals surface area contributed by atoms with Gasteiger partial charge < -0.3 is 10.1 Å². The number of methoxy groups -OCH3 is 1. The first-order chi connectivity index (χ1) is 10.4. The van der Waals surface area contributed by atoms with Crippen LogP contribution in [-0.2, 0) is 11.3 Å². The van der Waals surface area contributed by atoms with E-state index in [0.29, 0.717) is 12.6 Å². The van der Waals surface area contributed by atoms with E-state index in [1.165, 1.54) is 32.1 Å². The molecule has 0 saturated heterocycles. The summed E-state index contributed by atoms with van der Waals surface area (Å²) < 4.78 is 9.03. The van der Waals surface area contributed by atoms with Crippen LogP contribution >= 0.6 is 0 Å². The van der Waals surface area contributed by atoms with Crippen LogP contribution in [-0.4, -0.2) is 39.1 Å². The van der Waals surface area contributed by atoms with E-state index in [9.17, 15) is 0 Å². The molecule has 114 valence electrons. The molecule has 0 amide bonds. The Labute approximate surface area is 125 Å². The lowest BCUT2D eigenvalue weighted by molar-refractivity contribution is 0.183. The number of aromatic nitrogens is 4. The van der Waals surface area contributed by atoms with E-state index in [1.54, 1.807) is 7.11 Å². The maximum atomic E-state index is 5.08. The number of nitrogens with zero attached hydrogens (tertiary/aromatic N) is 4. The van der Waals surface area contributed by atoms with Crippen molar-refractivity contribution in [2.45, 2.75) is 44.7 Å². The number of nitrogens with one attached hydrogen (secondary N) is 1. The number of anilines is 1. The van der Waals surface area contributed by atoms with Crippen LogP contribution in [0.15, 0.2) is 24.8 Å². The summed E-state index contributed by atoms with van der Waals surface area (Å²) in [5.41, 5.74) is 1.03. The minimum Gasteiger partial charge on any atom is -0.383 e. The Bertz CT molecular complexity index is 556. The maximum absolute atomic E-state index is 5.08. The smallest absolute Gasteiger partial charge is 0.207 e. The van der Waals surface area contributed by atoms with Gasteiger partial charge in [0.1, 0.15) is 0 Å². The number of imidazole rings is 1. The molecule has 0 aromatic carbocycles. The first kappa shape index (κ1) is 14.1. The van der Waals surface area contributed by atoms with E-state index in [1.807, 2.05) is 29.5 Å². The molecule has 1 saturated carbocycles. The summed E-state index contributed by atoms with van der Waals surface area (Å²) >= 11 is 0. The van der Waals surface area contributed by atoms with Crippen LogP contribution in [0.3, 0.4) is 0 Å². The Morgan fingerprint density at radius 1 is 1.33 bits per heavy atom. The Morgan fingerprint density at radius 2 is 2.19 bits per heavy atom. The maximum Gasteiger partial charge on any atom is 0.207 e. The summed E-state index contributed by atoms with van der Waals surface area (Å²) in [6, 6.07) is 0.545. The van der Waals surface area contributed by atoms with Crippen molar-refractivity contribution in [2.24, 2.45) is 0 Å². The standard InChI is InChI=1S/C15H23N5O/c1-21-10-9-19-12-14(11-17-19)20-8-7-16-15(20)18-13-5-3-2-4-6-13/h7-8,11-13H,2-6,9-10H2,1H3,(H,16,18). The molecule has 1 N–H and O–H groups in total. The SMILES string of the molecule is COCCn1cc(-n2ccnc2NC2CCCCC2)cn1. The van der Waals surface area contributed by atoms with Crippen LogP contribution in [0, 0.1) is 0 Å². The van der Waals surface area contributed by atoms with E-state index in [-0.39, 0.29) is 0 Å². The average Bonchev–Trinajstić information content (AvgIpc) is 3.15. The van der Waals surface area contributed by atoms with Crippen molar-refractivity contribution in [2.75, 3.05) is 19.0 Å². The van der Waals surface area contributed by atoms with Gasteiger partial charge in [-0.05, 0) is 12.8 Å². The minimum atomic E-state index is 0.545. The van der Waals surface area contributed by atoms with E-state index < -0.39 is 0 Å². The molecule has 6 nitrogen and oxygen atoms in total. The first-order valence-corrected chi connectivity index (χ1v) is 7.68. The highest BCUT2D eigenvalue weighted by Crippen LogP contribution is 2.22. The topological polar surface area (TPSA) is 56.9 Å².